The van der Waals surface area contributed by atoms with E-state index in [1.807, 2.05) is 42.5 Å². The van der Waals surface area contributed by atoms with Gasteiger partial charge in [-0.15, -0.1) is 0 Å². The third-order valence-corrected chi connectivity index (χ3v) is 4.71. The van der Waals surface area contributed by atoms with E-state index in [0.29, 0.717) is 0 Å². The molecule has 0 aliphatic heterocycles. The van der Waals surface area contributed by atoms with E-state index in [1.165, 1.54) is 5.56 Å². The van der Waals surface area contributed by atoms with Gasteiger partial charge in [0.15, 0.2) is 0 Å². The van der Waals surface area contributed by atoms with E-state index in [1.54, 1.807) is 0 Å². The van der Waals surface area contributed by atoms with Gasteiger partial charge in [0.05, 0.1) is 12.2 Å². The van der Waals surface area contributed by atoms with Gasteiger partial charge in [0, 0.05) is 11.8 Å². The van der Waals surface area contributed by atoms with E-state index < -0.39 is 12.2 Å². The molecule has 0 amide bonds. The van der Waals surface area contributed by atoms with Crippen LogP contribution in [0.1, 0.15) is 40.4 Å². The fourth-order valence-electron chi connectivity index (χ4n) is 3.84. The molecule has 19 heavy (non-hydrogen) atoms. The van der Waals surface area contributed by atoms with Crippen LogP contribution in [-0.4, -0.2) is 10.2 Å². The van der Waals surface area contributed by atoms with Gasteiger partial charge in [-0.25, -0.2) is 0 Å². The lowest BCUT2D eigenvalue weighted by atomic mass is 9.74. The first-order chi connectivity index (χ1) is 9.27. The van der Waals surface area contributed by atoms with E-state index in [0.717, 1.165) is 23.1 Å². The molecule has 0 spiro atoms. The van der Waals surface area contributed by atoms with Crippen LogP contribution in [0.2, 0.25) is 0 Å². The lowest BCUT2D eigenvalue weighted by Gasteiger charge is -2.34. The molecule has 0 saturated heterocycles. The summed E-state index contributed by atoms with van der Waals surface area (Å²) in [5.74, 6) is 0.128. The van der Waals surface area contributed by atoms with Crippen molar-refractivity contribution in [2.45, 2.75) is 24.5 Å². The van der Waals surface area contributed by atoms with Crippen molar-refractivity contribution in [1.29, 1.82) is 0 Å². The Morgan fingerprint density at radius 3 is 2.16 bits per heavy atom. The van der Waals surface area contributed by atoms with Gasteiger partial charge in [-0.1, -0.05) is 48.5 Å². The minimum absolute atomic E-state index is 0.0288. The van der Waals surface area contributed by atoms with Crippen LogP contribution in [0.3, 0.4) is 0 Å². The van der Waals surface area contributed by atoms with Crippen LogP contribution in [0, 0.1) is 5.92 Å². The Balaban J connectivity index is 1.88. The van der Waals surface area contributed by atoms with Gasteiger partial charge in [0.1, 0.15) is 0 Å². The second-order valence-corrected chi connectivity index (χ2v) is 5.61. The maximum absolute atomic E-state index is 10.7. The summed E-state index contributed by atoms with van der Waals surface area (Å²) in [5.41, 5.74) is 4.29. The molecule has 0 unspecified atom stereocenters. The average molecular weight is 252 g/mol. The van der Waals surface area contributed by atoms with Gasteiger partial charge < -0.3 is 10.2 Å². The minimum atomic E-state index is -0.506. The Hall–Kier alpha value is -1.64. The quantitative estimate of drug-likeness (QED) is 0.757. The van der Waals surface area contributed by atoms with Crippen molar-refractivity contribution in [3.63, 3.8) is 0 Å². The molecule has 0 fully saturated rings. The molecule has 2 aliphatic rings. The predicted octanol–water partition coefficient (Wildman–Crippen LogP) is 2.72. The number of benzene rings is 2. The average Bonchev–Trinajstić information content (AvgIpc) is 2.74. The van der Waals surface area contributed by atoms with E-state index in [-0.39, 0.29) is 11.8 Å². The van der Waals surface area contributed by atoms with Crippen LogP contribution >= 0.6 is 0 Å². The molecule has 2 aliphatic carbocycles. The first-order valence-corrected chi connectivity index (χ1v) is 6.80. The van der Waals surface area contributed by atoms with E-state index in [2.05, 4.69) is 6.07 Å². The third-order valence-electron chi connectivity index (χ3n) is 4.71. The lowest BCUT2D eigenvalue weighted by molar-refractivity contribution is 0.0480. The lowest BCUT2D eigenvalue weighted by Crippen LogP contribution is -2.26. The molecule has 96 valence electrons. The van der Waals surface area contributed by atoms with Gasteiger partial charge in [0.25, 0.3) is 0 Å². The summed E-state index contributed by atoms with van der Waals surface area (Å²) in [6.07, 6.45) is -0.120. The zero-order valence-corrected chi connectivity index (χ0v) is 10.5. The monoisotopic (exact) mass is 252 g/mol. The molecule has 2 heteroatoms. The van der Waals surface area contributed by atoms with Gasteiger partial charge >= 0.3 is 0 Å². The Kier molecular flexibility index (Phi) is 2.32. The Labute approximate surface area is 112 Å². The number of hydrogen-bond acceptors (Lipinski definition) is 2. The van der Waals surface area contributed by atoms with Crippen molar-refractivity contribution in [2.75, 3.05) is 0 Å². The smallest absolute Gasteiger partial charge is 0.0865 e. The zero-order chi connectivity index (χ0) is 13.0. The standard InChI is InChI=1S/C17H16O2/c18-16-13-8-4-3-7-12(13)15-14(16)9-10-5-1-2-6-11(10)17(15)19/h1-8,14-19H,9H2/t14-,15-,16+,17+/m0/s1. The largest absolute Gasteiger partial charge is 0.388 e. The molecular weight excluding hydrogens is 236 g/mol. The van der Waals surface area contributed by atoms with Gasteiger partial charge in [-0.3, -0.25) is 0 Å². The normalized spacial score (nSPS) is 31.5. The molecule has 0 radical (unpaired) electrons. The molecule has 0 saturated carbocycles. The highest BCUT2D eigenvalue weighted by molar-refractivity contribution is 5.45. The second-order valence-electron chi connectivity index (χ2n) is 5.61. The molecule has 0 heterocycles. The Morgan fingerprint density at radius 1 is 0.737 bits per heavy atom. The summed E-state index contributed by atoms with van der Waals surface area (Å²) < 4.78 is 0. The van der Waals surface area contributed by atoms with Crippen LogP contribution in [0.4, 0.5) is 0 Å². The number of aliphatic hydroxyl groups excluding tert-OH is 2. The molecule has 2 N–H and O–H groups in total. The van der Waals surface area contributed by atoms with Crippen molar-refractivity contribution in [3.05, 3.63) is 70.8 Å². The van der Waals surface area contributed by atoms with Crippen LogP contribution in [0.25, 0.3) is 0 Å². The summed E-state index contributed by atoms with van der Waals surface area (Å²) in [5, 5.41) is 21.2. The maximum Gasteiger partial charge on any atom is 0.0865 e. The fraction of sp³-hybridized carbons (Fsp3) is 0.294. The van der Waals surface area contributed by atoms with Crippen molar-refractivity contribution < 1.29 is 10.2 Å². The molecule has 0 aromatic heterocycles. The Morgan fingerprint density at radius 2 is 1.37 bits per heavy atom. The summed E-state index contributed by atoms with van der Waals surface area (Å²) in [7, 11) is 0. The molecule has 2 nitrogen and oxygen atoms in total. The maximum atomic E-state index is 10.7. The molecule has 4 rings (SSSR count). The van der Waals surface area contributed by atoms with Gasteiger partial charge in [-0.05, 0) is 28.7 Å². The highest BCUT2D eigenvalue weighted by Crippen LogP contribution is 2.55. The highest BCUT2D eigenvalue weighted by Gasteiger charge is 2.46. The number of hydrogen-bond donors (Lipinski definition) is 2. The number of aliphatic hydroxyl groups is 2. The first kappa shape index (κ1) is 11.2. The van der Waals surface area contributed by atoms with Gasteiger partial charge in [0.2, 0.25) is 0 Å². The third kappa shape index (κ3) is 1.44. The molecule has 2 aromatic carbocycles. The van der Waals surface area contributed by atoms with E-state index >= 15 is 0 Å². The van der Waals surface area contributed by atoms with Crippen molar-refractivity contribution >= 4 is 0 Å². The van der Waals surface area contributed by atoms with Gasteiger partial charge in [-0.2, -0.15) is 0 Å². The first-order valence-electron chi connectivity index (χ1n) is 6.80. The summed E-state index contributed by atoms with van der Waals surface area (Å²) in [4.78, 5) is 0. The number of fused-ring (bicyclic) bond motifs is 4. The SMILES string of the molecule is O[C@@H]1c2ccccc2[C@H]2[C@@H]1Cc1ccccc1[C@H]2O. The predicted molar refractivity (Wildman–Crippen MR) is 72.7 cm³/mol. The Bertz CT molecular complexity index is 635. The minimum Gasteiger partial charge on any atom is -0.388 e. The molecule has 4 atom stereocenters. The van der Waals surface area contributed by atoms with Crippen LogP contribution < -0.4 is 0 Å². The molecule has 2 aromatic rings. The fourth-order valence-corrected chi connectivity index (χ4v) is 3.84. The molecular formula is C17H16O2. The van der Waals surface area contributed by atoms with E-state index in [4.69, 9.17) is 0 Å². The zero-order valence-electron chi connectivity index (χ0n) is 10.5. The summed E-state index contributed by atoms with van der Waals surface area (Å²) in [6.45, 7) is 0. The van der Waals surface area contributed by atoms with Crippen LogP contribution in [0.15, 0.2) is 48.5 Å². The molecule has 0 bridgehead atoms. The number of rotatable bonds is 0. The van der Waals surface area contributed by atoms with Crippen molar-refractivity contribution in [1.82, 2.24) is 0 Å². The second kappa shape index (κ2) is 3.92. The highest BCUT2D eigenvalue weighted by atomic mass is 16.3. The topological polar surface area (TPSA) is 40.5 Å². The van der Waals surface area contributed by atoms with Crippen molar-refractivity contribution in [2.24, 2.45) is 5.92 Å². The van der Waals surface area contributed by atoms with Crippen LogP contribution in [0.5, 0.6) is 0 Å². The summed E-state index contributed by atoms with van der Waals surface area (Å²) >= 11 is 0. The summed E-state index contributed by atoms with van der Waals surface area (Å²) in [6, 6.07) is 16.0. The van der Waals surface area contributed by atoms with Crippen LogP contribution in [-0.2, 0) is 6.42 Å². The van der Waals surface area contributed by atoms with E-state index in [9.17, 15) is 10.2 Å². The van der Waals surface area contributed by atoms with Crippen molar-refractivity contribution in [3.8, 4) is 0 Å².